The van der Waals surface area contributed by atoms with Crippen LogP contribution < -0.4 is 0 Å². The molecule has 8 heteroatoms. The molecule has 1 atom stereocenters. The van der Waals surface area contributed by atoms with Gasteiger partial charge in [0.15, 0.2) is 0 Å². The number of carboxylic acid groups (broad SMARTS) is 2. The van der Waals surface area contributed by atoms with Crippen molar-refractivity contribution in [2.75, 3.05) is 6.54 Å². The predicted octanol–water partition coefficient (Wildman–Crippen LogP) is 2.99. The molecule has 0 saturated carbocycles. The Kier molecular flexibility index (Phi) is 10.8. The summed E-state index contributed by atoms with van der Waals surface area (Å²) in [5, 5.41) is 36.5. The average Bonchev–Trinajstić information content (AvgIpc) is 2.53. The third kappa shape index (κ3) is 9.41. The van der Waals surface area contributed by atoms with E-state index in [0.29, 0.717) is 6.42 Å². The molecule has 1 aromatic carbocycles. The van der Waals surface area contributed by atoms with Gasteiger partial charge in [-0.3, -0.25) is 10.1 Å². The molecule has 0 heterocycles. The Morgan fingerprint density at radius 3 is 2.04 bits per heavy atom. The van der Waals surface area contributed by atoms with Gasteiger partial charge in [-0.15, -0.1) is 0 Å². The van der Waals surface area contributed by atoms with Gasteiger partial charge in [-0.1, -0.05) is 32.3 Å². The first-order chi connectivity index (χ1) is 11.7. The molecule has 0 aliphatic carbocycles. The second kappa shape index (κ2) is 12.0. The number of hydrogen-bond donors (Lipinski definition) is 3. The van der Waals surface area contributed by atoms with Crippen LogP contribution in [-0.2, 0) is 0 Å². The quantitative estimate of drug-likeness (QED) is 0.351. The number of nitrogens with zero attached hydrogens (tertiary/aromatic N) is 1. The molecule has 8 nitrogen and oxygen atoms in total. The maximum absolute atomic E-state index is 10.6. The Balaban J connectivity index is 0.000000463. The van der Waals surface area contributed by atoms with E-state index in [9.17, 15) is 24.8 Å². The molecule has 0 radical (unpaired) electrons. The summed E-state index contributed by atoms with van der Waals surface area (Å²) in [6, 6.07) is 4.17. The number of hydrogen-bond acceptors (Lipinski definition) is 5. The summed E-state index contributed by atoms with van der Waals surface area (Å²) in [5.74, 6) is -2.22. The molecule has 0 spiro atoms. The van der Waals surface area contributed by atoms with E-state index >= 15 is 0 Å². The van der Waals surface area contributed by atoms with Gasteiger partial charge in [-0.05, 0) is 31.0 Å². The number of benzene rings is 1. The maximum Gasteiger partial charge on any atom is 0.335 e. The van der Waals surface area contributed by atoms with E-state index in [1.54, 1.807) is 0 Å². The number of aromatic carboxylic acids is 2. The molecule has 140 valence electrons. The minimum absolute atomic E-state index is 0.0277. The molecule has 1 aromatic rings. The summed E-state index contributed by atoms with van der Waals surface area (Å²) < 4.78 is 0. The zero-order valence-corrected chi connectivity index (χ0v) is 14.5. The van der Waals surface area contributed by atoms with Crippen molar-refractivity contribution < 1.29 is 29.8 Å². The molecule has 0 aliphatic rings. The van der Waals surface area contributed by atoms with E-state index in [0.717, 1.165) is 19.3 Å². The van der Waals surface area contributed by atoms with Crippen molar-refractivity contribution >= 4 is 11.9 Å². The van der Waals surface area contributed by atoms with Gasteiger partial charge >= 0.3 is 11.9 Å². The average molecular weight is 355 g/mol. The molecule has 25 heavy (non-hydrogen) atoms. The van der Waals surface area contributed by atoms with Crippen molar-refractivity contribution in [2.24, 2.45) is 0 Å². The first kappa shape index (κ1) is 22.5. The maximum atomic E-state index is 10.6. The molecular formula is C17H25NO7. The Morgan fingerprint density at radius 1 is 1.12 bits per heavy atom. The van der Waals surface area contributed by atoms with Crippen LogP contribution in [-0.4, -0.2) is 44.8 Å². The number of rotatable bonds is 9. The third-order valence-electron chi connectivity index (χ3n) is 3.58. The highest BCUT2D eigenvalue weighted by atomic mass is 16.6. The largest absolute Gasteiger partial charge is 0.478 e. The SMILES string of the molecule is CCCCCC(O)CC[N+](=O)[O-].Cc1c(C(=O)O)cccc1C(=O)O. The van der Waals surface area contributed by atoms with Crippen LogP contribution >= 0.6 is 0 Å². The number of carboxylic acids is 2. The molecular weight excluding hydrogens is 330 g/mol. The van der Waals surface area contributed by atoms with Gasteiger partial charge in [-0.2, -0.15) is 0 Å². The Hall–Kier alpha value is -2.48. The first-order valence-electron chi connectivity index (χ1n) is 8.06. The molecule has 0 aromatic heterocycles. The van der Waals surface area contributed by atoms with Crippen LogP contribution in [0.25, 0.3) is 0 Å². The van der Waals surface area contributed by atoms with E-state index in [-0.39, 0.29) is 34.6 Å². The van der Waals surface area contributed by atoms with Crippen LogP contribution in [0.4, 0.5) is 0 Å². The summed E-state index contributed by atoms with van der Waals surface area (Å²) in [6.07, 6.45) is 3.67. The van der Waals surface area contributed by atoms with E-state index < -0.39 is 18.0 Å². The standard InChI is InChI=1S/C9H8O4.C8H17NO3/c1-5-6(8(10)11)3-2-4-7(5)9(12)13;1-2-3-4-5-8(10)6-7-9(11)12/h2-4H,1H3,(H,10,11)(H,12,13);8,10H,2-7H2,1H3. The zero-order valence-electron chi connectivity index (χ0n) is 14.5. The van der Waals surface area contributed by atoms with Gasteiger partial charge in [0.05, 0.1) is 17.2 Å². The van der Waals surface area contributed by atoms with Crippen molar-refractivity contribution in [3.63, 3.8) is 0 Å². The van der Waals surface area contributed by atoms with E-state index in [1.807, 2.05) is 0 Å². The fourth-order valence-electron chi connectivity index (χ4n) is 2.13. The third-order valence-corrected chi connectivity index (χ3v) is 3.58. The second-order valence-electron chi connectivity index (χ2n) is 5.58. The lowest BCUT2D eigenvalue weighted by atomic mass is 10.0. The van der Waals surface area contributed by atoms with E-state index in [2.05, 4.69) is 6.92 Å². The highest BCUT2D eigenvalue weighted by molar-refractivity contribution is 5.96. The molecule has 0 fully saturated rings. The minimum atomic E-state index is -1.11. The predicted molar refractivity (Wildman–Crippen MR) is 91.7 cm³/mol. The summed E-state index contributed by atoms with van der Waals surface area (Å²) in [4.78, 5) is 30.7. The van der Waals surface area contributed by atoms with Crippen LogP contribution in [0.2, 0.25) is 0 Å². The fraction of sp³-hybridized carbons (Fsp3) is 0.529. The van der Waals surface area contributed by atoms with Crippen LogP contribution in [0.1, 0.15) is 65.3 Å². The van der Waals surface area contributed by atoms with E-state index in [1.165, 1.54) is 25.1 Å². The lowest BCUT2D eigenvalue weighted by Crippen LogP contribution is -2.13. The molecule has 1 unspecified atom stereocenters. The van der Waals surface area contributed by atoms with Gasteiger partial charge < -0.3 is 15.3 Å². The Bertz CT molecular complexity index is 554. The van der Waals surface area contributed by atoms with Crippen molar-refractivity contribution in [2.45, 2.75) is 52.1 Å². The van der Waals surface area contributed by atoms with Gasteiger partial charge in [0.25, 0.3) is 0 Å². The lowest BCUT2D eigenvalue weighted by Gasteiger charge is -2.06. The van der Waals surface area contributed by atoms with Crippen molar-refractivity contribution in [3.05, 3.63) is 45.0 Å². The number of nitro groups is 1. The van der Waals surface area contributed by atoms with Crippen molar-refractivity contribution in [3.8, 4) is 0 Å². The monoisotopic (exact) mass is 355 g/mol. The van der Waals surface area contributed by atoms with Crippen LogP contribution in [0.5, 0.6) is 0 Å². The van der Waals surface area contributed by atoms with Gasteiger partial charge in [0, 0.05) is 11.3 Å². The molecule has 0 amide bonds. The molecule has 0 saturated heterocycles. The summed E-state index contributed by atoms with van der Waals surface area (Å²) in [7, 11) is 0. The number of aliphatic hydroxyl groups excluding tert-OH is 1. The lowest BCUT2D eigenvalue weighted by molar-refractivity contribution is -0.482. The topological polar surface area (TPSA) is 138 Å². The molecule has 0 aliphatic heterocycles. The van der Waals surface area contributed by atoms with Crippen molar-refractivity contribution in [1.29, 1.82) is 0 Å². The fourth-order valence-corrected chi connectivity index (χ4v) is 2.13. The minimum Gasteiger partial charge on any atom is -0.478 e. The summed E-state index contributed by atoms with van der Waals surface area (Å²) in [6.45, 7) is 3.45. The Labute approximate surface area is 146 Å². The van der Waals surface area contributed by atoms with Crippen LogP contribution in [0, 0.1) is 17.0 Å². The van der Waals surface area contributed by atoms with Crippen molar-refractivity contribution in [1.82, 2.24) is 0 Å². The number of unbranched alkanes of at least 4 members (excludes halogenated alkanes) is 2. The van der Waals surface area contributed by atoms with Gasteiger partial charge in [0.2, 0.25) is 6.54 Å². The Morgan fingerprint density at radius 2 is 1.64 bits per heavy atom. The molecule has 0 bridgehead atoms. The highest BCUT2D eigenvalue weighted by Gasteiger charge is 2.13. The van der Waals surface area contributed by atoms with Crippen LogP contribution in [0.3, 0.4) is 0 Å². The van der Waals surface area contributed by atoms with Crippen LogP contribution in [0.15, 0.2) is 18.2 Å². The normalized spacial score (nSPS) is 11.2. The summed E-state index contributed by atoms with van der Waals surface area (Å²) >= 11 is 0. The summed E-state index contributed by atoms with van der Waals surface area (Å²) in [5.41, 5.74) is 0.335. The van der Waals surface area contributed by atoms with Gasteiger partial charge in [-0.25, -0.2) is 9.59 Å². The first-order valence-corrected chi connectivity index (χ1v) is 8.06. The van der Waals surface area contributed by atoms with Gasteiger partial charge in [0.1, 0.15) is 0 Å². The zero-order chi connectivity index (χ0) is 19.4. The smallest absolute Gasteiger partial charge is 0.335 e. The molecule has 1 rings (SSSR count). The second-order valence-corrected chi connectivity index (χ2v) is 5.58. The van der Waals surface area contributed by atoms with E-state index in [4.69, 9.17) is 10.2 Å². The highest BCUT2D eigenvalue weighted by Crippen LogP contribution is 2.13. The molecule has 3 N–H and O–H groups in total. The number of aliphatic hydroxyl groups is 1. The number of carbonyl (C=O) groups is 2.